The third-order valence-corrected chi connectivity index (χ3v) is 5.18. The largest absolute Gasteiger partial charge is 0.336 e. The fourth-order valence-electron chi connectivity index (χ4n) is 3.76. The highest BCUT2D eigenvalue weighted by atomic mass is 79.9. The monoisotopic (exact) mass is 350 g/mol. The SMILES string of the molecule is CCCN(C(=O)c1cccc(Br)c1)C1CC2CCC(C1)N2. The van der Waals surface area contributed by atoms with Crippen molar-refractivity contribution in [3.05, 3.63) is 34.3 Å². The third-order valence-electron chi connectivity index (χ3n) is 4.69. The van der Waals surface area contributed by atoms with Crippen molar-refractivity contribution in [3.8, 4) is 0 Å². The minimum atomic E-state index is 0.185. The van der Waals surface area contributed by atoms with Crippen molar-refractivity contribution in [3.63, 3.8) is 0 Å². The zero-order valence-electron chi connectivity index (χ0n) is 12.5. The van der Waals surface area contributed by atoms with Crippen LogP contribution < -0.4 is 5.32 Å². The Balaban J connectivity index is 1.79. The molecule has 0 saturated carbocycles. The lowest BCUT2D eigenvalue weighted by molar-refractivity contribution is 0.0616. The molecule has 1 aromatic carbocycles. The number of hydrogen-bond donors (Lipinski definition) is 1. The molecule has 2 fully saturated rings. The average molecular weight is 351 g/mol. The van der Waals surface area contributed by atoms with Crippen LogP contribution in [-0.2, 0) is 0 Å². The molecule has 1 amide bonds. The van der Waals surface area contributed by atoms with E-state index in [2.05, 4.69) is 33.1 Å². The Hall–Kier alpha value is -0.870. The van der Waals surface area contributed by atoms with E-state index in [1.807, 2.05) is 24.3 Å². The second-order valence-corrected chi connectivity index (χ2v) is 7.19. The number of nitrogens with one attached hydrogen (secondary N) is 1. The maximum Gasteiger partial charge on any atom is 0.254 e. The minimum absolute atomic E-state index is 0.185. The van der Waals surface area contributed by atoms with Crippen molar-refractivity contribution >= 4 is 21.8 Å². The first-order valence-corrected chi connectivity index (χ1v) is 8.79. The van der Waals surface area contributed by atoms with Gasteiger partial charge in [0.2, 0.25) is 0 Å². The molecule has 2 heterocycles. The molecule has 2 unspecified atom stereocenters. The van der Waals surface area contributed by atoms with E-state index in [-0.39, 0.29) is 5.91 Å². The van der Waals surface area contributed by atoms with Crippen molar-refractivity contribution in [2.45, 2.75) is 57.2 Å². The van der Waals surface area contributed by atoms with Crippen LogP contribution in [0, 0.1) is 0 Å². The molecular weight excluding hydrogens is 328 g/mol. The van der Waals surface area contributed by atoms with Gasteiger partial charge in [0.1, 0.15) is 0 Å². The molecule has 0 aromatic heterocycles. The zero-order chi connectivity index (χ0) is 14.8. The van der Waals surface area contributed by atoms with Crippen LogP contribution in [0.25, 0.3) is 0 Å². The second kappa shape index (κ2) is 6.49. The highest BCUT2D eigenvalue weighted by Gasteiger charge is 2.37. The molecule has 2 atom stereocenters. The fraction of sp³-hybridized carbons (Fsp3) is 0.588. The number of rotatable bonds is 4. The van der Waals surface area contributed by atoms with Gasteiger partial charge in [-0.15, -0.1) is 0 Å². The summed E-state index contributed by atoms with van der Waals surface area (Å²) in [5.41, 5.74) is 0.795. The number of carbonyl (C=O) groups excluding carboxylic acids is 1. The molecule has 4 heteroatoms. The van der Waals surface area contributed by atoms with Gasteiger partial charge in [-0.05, 0) is 50.3 Å². The summed E-state index contributed by atoms with van der Waals surface area (Å²) in [5.74, 6) is 0.185. The highest BCUT2D eigenvalue weighted by Crippen LogP contribution is 2.30. The summed E-state index contributed by atoms with van der Waals surface area (Å²) < 4.78 is 0.968. The number of carbonyl (C=O) groups is 1. The summed E-state index contributed by atoms with van der Waals surface area (Å²) in [7, 11) is 0. The lowest BCUT2D eigenvalue weighted by Crippen LogP contribution is -2.50. The Morgan fingerprint density at radius 1 is 1.33 bits per heavy atom. The minimum Gasteiger partial charge on any atom is -0.336 e. The quantitative estimate of drug-likeness (QED) is 0.899. The maximum atomic E-state index is 12.9. The molecule has 0 spiro atoms. The van der Waals surface area contributed by atoms with Crippen LogP contribution >= 0.6 is 15.9 Å². The van der Waals surface area contributed by atoms with Crippen LogP contribution in [0.5, 0.6) is 0 Å². The van der Waals surface area contributed by atoms with Crippen LogP contribution in [-0.4, -0.2) is 35.5 Å². The molecule has 1 aromatic rings. The molecule has 3 nitrogen and oxygen atoms in total. The van der Waals surface area contributed by atoms with Crippen LogP contribution in [0.4, 0.5) is 0 Å². The molecule has 114 valence electrons. The number of amides is 1. The molecule has 2 aliphatic rings. The fourth-order valence-corrected chi connectivity index (χ4v) is 4.16. The number of fused-ring (bicyclic) bond motifs is 2. The first kappa shape index (κ1) is 15.0. The number of piperidine rings is 1. The van der Waals surface area contributed by atoms with Crippen molar-refractivity contribution < 1.29 is 4.79 Å². The summed E-state index contributed by atoms with van der Waals surface area (Å²) in [6, 6.07) is 9.38. The molecule has 0 radical (unpaired) electrons. The van der Waals surface area contributed by atoms with E-state index in [0.29, 0.717) is 18.1 Å². The number of hydrogen-bond acceptors (Lipinski definition) is 2. The normalized spacial score (nSPS) is 27.6. The Kier molecular flexibility index (Phi) is 4.65. The molecule has 21 heavy (non-hydrogen) atoms. The van der Waals surface area contributed by atoms with E-state index in [0.717, 1.165) is 35.8 Å². The summed E-state index contributed by atoms with van der Waals surface area (Å²) in [6.07, 6.45) is 5.77. The van der Waals surface area contributed by atoms with E-state index in [9.17, 15) is 4.79 Å². The number of benzene rings is 1. The van der Waals surface area contributed by atoms with Gasteiger partial charge in [-0.1, -0.05) is 28.9 Å². The first-order chi connectivity index (χ1) is 10.2. The predicted molar refractivity (Wildman–Crippen MR) is 88.4 cm³/mol. The topological polar surface area (TPSA) is 32.3 Å². The molecule has 2 saturated heterocycles. The van der Waals surface area contributed by atoms with Gasteiger partial charge in [-0.3, -0.25) is 4.79 Å². The van der Waals surface area contributed by atoms with Crippen molar-refractivity contribution in [2.75, 3.05) is 6.54 Å². The van der Waals surface area contributed by atoms with Crippen molar-refractivity contribution in [1.82, 2.24) is 10.2 Å². The lowest BCUT2D eigenvalue weighted by atomic mass is 9.97. The Morgan fingerprint density at radius 2 is 2.05 bits per heavy atom. The van der Waals surface area contributed by atoms with Gasteiger partial charge >= 0.3 is 0 Å². The van der Waals surface area contributed by atoms with Crippen molar-refractivity contribution in [2.24, 2.45) is 0 Å². The van der Waals surface area contributed by atoms with E-state index < -0.39 is 0 Å². The van der Waals surface area contributed by atoms with Gasteiger partial charge in [0.05, 0.1) is 0 Å². The van der Waals surface area contributed by atoms with Crippen molar-refractivity contribution in [1.29, 1.82) is 0 Å². The average Bonchev–Trinajstić information content (AvgIpc) is 2.82. The van der Waals surface area contributed by atoms with Crippen LogP contribution in [0.15, 0.2) is 28.7 Å². The van der Waals surface area contributed by atoms with E-state index >= 15 is 0 Å². The second-order valence-electron chi connectivity index (χ2n) is 6.27. The summed E-state index contributed by atoms with van der Waals surface area (Å²) in [5, 5.41) is 3.66. The number of halogens is 1. The van der Waals surface area contributed by atoms with E-state index in [1.54, 1.807) is 0 Å². The van der Waals surface area contributed by atoms with Gasteiger partial charge in [0, 0.05) is 34.7 Å². The molecule has 2 bridgehead atoms. The van der Waals surface area contributed by atoms with E-state index in [1.165, 1.54) is 12.8 Å². The maximum absolute atomic E-state index is 12.9. The number of nitrogens with zero attached hydrogens (tertiary/aromatic N) is 1. The molecular formula is C17H23BrN2O. The Morgan fingerprint density at radius 3 is 2.67 bits per heavy atom. The Labute approximate surface area is 135 Å². The first-order valence-electron chi connectivity index (χ1n) is 8.00. The Bertz CT molecular complexity index is 507. The van der Waals surface area contributed by atoms with Gasteiger partial charge < -0.3 is 10.2 Å². The van der Waals surface area contributed by atoms with Gasteiger partial charge in [0.15, 0.2) is 0 Å². The predicted octanol–water partition coefficient (Wildman–Crippen LogP) is 3.58. The third kappa shape index (κ3) is 3.32. The molecule has 0 aliphatic carbocycles. The summed E-state index contributed by atoms with van der Waals surface area (Å²) in [6.45, 7) is 3.01. The molecule has 3 rings (SSSR count). The van der Waals surface area contributed by atoms with Gasteiger partial charge in [-0.2, -0.15) is 0 Å². The smallest absolute Gasteiger partial charge is 0.254 e. The van der Waals surface area contributed by atoms with Gasteiger partial charge in [-0.25, -0.2) is 0 Å². The standard InChI is InChI=1S/C17H23BrN2O/c1-2-8-20(16-10-14-6-7-15(11-16)19-14)17(21)12-4-3-5-13(18)9-12/h3-5,9,14-16,19H,2,6-8,10-11H2,1H3. The molecule has 2 aliphatic heterocycles. The van der Waals surface area contributed by atoms with E-state index in [4.69, 9.17) is 0 Å². The van der Waals surface area contributed by atoms with Crippen LogP contribution in [0.1, 0.15) is 49.4 Å². The summed E-state index contributed by atoms with van der Waals surface area (Å²) in [4.78, 5) is 15.0. The van der Waals surface area contributed by atoms with Gasteiger partial charge in [0.25, 0.3) is 5.91 Å². The zero-order valence-corrected chi connectivity index (χ0v) is 14.1. The summed E-state index contributed by atoms with van der Waals surface area (Å²) >= 11 is 3.46. The van der Waals surface area contributed by atoms with Crippen LogP contribution in [0.3, 0.4) is 0 Å². The molecule has 1 N–H and O–H groups in total. The lowest BCUT2D eigenvalue weighted by Gasteiger charge is -2.38. The van der Waals surface area contributed by atoms with Crippen LogP contribution in [0.2, 0.25) is 0 Å². The highest BCUT2D eigenvalue weighted by molar-refractivity contribution is 9.10.